The molecule has 4 aliphatic carbocycles. The Hall–Kier alpha value is -3.03. The number of rotatable bonds is 11. The van der Waals surface area contributed by atoms with Gasteiger partial charge in [0.25, 0.3) is 0 Å². The van der Waals surface area contributed by atoms with Gasteiger partial charge in [0.15, 0.2) is 0 Å². The smallest absolute Gasteiger partial charge is 0.328 e. The van der Waals surface area contributed by atoms with Crippen LogP contribution in [0, 0.1) is 29.6 Å². The number of nitrogens with zero attached hydrogens (tertiary/aromatic N) is 2. The van der Waals surface area contributed by atoms with Gasteiger partial charge in [0.05, 0.1) is 29.0 Å². The quantitative estimate of drug-likeness (QED) is 0.188. The highest BCUT2D eigenvalue weighted by Gasteiger charge is 2.55. The predicted molar refractivity (Wildman–Crippen MR) is 181 cm³/mol. The molecule has 6 rings (SSSR count). The van der Waals surface area contributed by atoms with Crippen molar-refractivity contribution in [2.75, 3.05) is 24.5 Å². The number of aliphatic carboxylic acids is 2. The number of benzene rings is 1. The summed E-state index contributed by atoms with van der Waals surface area (Å²) in [7, 11) is 0. The first-order chi connectivity index (χ1) is 22.4. The van der Waals surface area contributed by atoms with Gasteiger partial charge < -0.3 is 36.4 Å². The minimum atomic E-state index is -1.26. The van der Waals surface area contributed by atoms with E-state index in [4.69, 9.17) is 27.5 Å². The van der Waals surface area contributed by atoms with Gasteiger partial charge in [-0.15, -0.1) is 0 Å². The van der Waals surface area contributed by atoms with Crippen LogP contribution in [0.15, 0.2) is 36.4 Å². The summed E-state index contributed by atoms with van der Waals surface area (Å²) in [5.74, 6) is -1.66. The van der Waals surface area contributed by atoms with E-state index in [0.29, 0.717) is 53.7 Å². The number of carbonyl (C=O) groups is 4. The molecule has 7 N–H and O–H groups in total. The Morgan fingerprint density at radius 1 is 1.06 bits per heavy atom. The molecule has 12 nitrogen and oxygen atoms in total. The molecule has 1 aromatic carbocycles. The van der Waals surface area contributed by atoms with Crippen molar-refractivity contribution in [3.05, 3.63) is 41.4 Å². The molecule has 4 bridgehead atoms. The van der Waals surface area contributed by atoms with Crippen molar-refractivity contribution < 1.29 is 39.6 Å². The Kier molecular flexibility index (Phi) is 12.0. The van der Waals surface area contributed by atoms with Crippen LogP contribution >= 0.6 is 11.6 Å². The Morgan fingerprint density at radius 3 is 2.17 bits per heavy atom. The summed E-state index contributed by atoms with van der Waals surface area (Å²) in [6.45, 7) is 9.12. The standard InChI is InChI=1S/C31H47ClN4O4.C4H4O4/c1-18(2)22(29(39)34-28-20-9-19-10-21(28)14-31(40,12-19)13-20)11-26(37)24(33)15-35-16-27(38)36(17-30(35,3)4)25-8-6-5-7-23(25)32;5-3(6)1-2-4(7)8/h5-8,18-22,24,26,28,37,40H,9-17,33H2,1-4H3,(H,34,39);1-2H,(H,5,6)(H,7,8)/b;2-1+/t19?,20-,21-,22-,24-,26-,28?,31?;/m0./s1. The lowest BCUT2D eigenvalue weighted by Crippen LogP contribution is -2.64. The zero-order chi connectivity index (χ0) is 35.6. The lowest BCUT2D eigenvalue weighted by Gasteiger charge is -2.58. The van der Waals surface area contributed by atoms with Crippen LogP contribution in [0.25, 0.3) is 0 Å². The topological polar surface area (TPSA) is 194 Å². The van der Waals surface area contributed by atoms with Gasteiger partial charge in [-0.05, 0) is 88.2 Å². The third-order valence-electron chi connectivity index (χ3n) is 10.7. The number of piperazine rings is 1. The summed E-state index contributed by atoms with van der Waals surface area (Å²) in [6, 6.07) is 6.84. The number of carboxylic acid groups (broad SMARTS) is 2. The van der Waals surface area contributed by atoms with Crippen LogP contribution < -0.4 is 16.0 Å². The lowest BCUT2D eigenvalue weighted by molar-refractivity contribution is -0.149. The van der Waals surface area contributed by atoms with Gasteiger partial charge in [-0.25, -0.2) is 9.59 Å². The van der Waals surface area contributed by atoms with Crippen LogP contribution in [0.3, 0.4) is 0 Å². The largest absolute Gasteiger partial charge is 0.478 e. The van der Waals surface area contributed by atoms with E-state index in [0.717, 1.165) is 32.1 Å². The van der Waals surface area contributed by atoms with Crippen molar-refractivity contribution in [1.82, 2.24) is 10.2 Å². The van der Waals surface area contributed by atoms with Gasteiger partial charge in [0, 0.05) is 48.8 Å². The highest BCUT2D eigenvalue weighted by molar-refractivity contribution is 6.33. The number of nitrogens with one attached hydrogen (secondary N) is 1. The molecule has 1 saturated heterocycles. The highest BCUT2D eigenvalue weighted by atomic mass is 35.5. The summed E-state index contributed by atoms with van der Waals surface area (Å²) >= 11 is 6.38. The molecule has 48 heavy (non-hydrogen) atoms. The Labute approximate surface area is 287 Å². The summed E-state index contributed by atoms with van der Waals surface area (Å²) < 4.78 is 0. The maximum atomic E-state index is 13.6. The fourth-order valence-electron chi connectivity index (χ4n) is 8.36. The van der Waals surface area contributed by atoms with Crippen molar-refractivity contribution in [2.24, 2.45) is 35.3 Å². The molecule has 0 aromatic heterocycles. The fraction of sp³-hybridized carbons (Fsp3) is 0.657. The van der Waals surface area contributed by atoms with Gasteiger partial charge in [0.2, 0.25) is 11.8 Å². The van der Waals surface area contributed by atoms with E-state index in [1.54, 1.807) is 11.0 Å². The zero-order valence-electron chi connectivity index (χ0n) is 28.2. The molecule has 5 fully saturated rings. The number of carbonyl (C=O) groups excluding carboxylic acids is 2. The van der Waals surface area contributed by atoms with E-state index in [1.165, 1.54) is 0 Å². The third kappa shape index (κ3) is 9.15. The Morgan fingerprint density at radius 2 is 1.65 bits per heavy atom. The average molecular weight is 691 g/mol. The van der Waals surface area contributed by atoms with E-state index in [9.17, 15) is 29.4 Å². The van der Waals surface area contributed by atoms with E-state index in [-0.39, 0.29) is 48.2 Å². The normalized spacial score (nSPS) is 29.7. The molecule has 13 heteroatoms. The van der Waals surface area contributed by atoms with Crippen LogP contribution in [0.2, 0.25) is 5.02 Å². The minimum absolute atomic E-state index is 0.0189. The molecule has 2 amide bonds. The number of hydrogen-bond donors (Lipinski definition) is 6. The molecule has 1 aromatic rings. The SMILES string of the molecule is CC(C)[C@H](C[C@H](O)[C@@H](N)CN1CC(=O)N(c2ccccc2Cl)CC1(C)C)C(=O)NC1[C@H]2CC3C[C@H]1CC(O)(C3)C2.O=C(O)/C=C/C(=O)O. The minimum Gasteiger partial charge on any atom is -0.478 e. The predicted octanol–water partition coefficient (Wildman–Crippen LogP) is 2.89. The van der Waals surface area contributed by atoms with Crippen LogP contribution in [-0.2, 0) is 19.2 Å². The molecule has 0 spiro atoms. The second kappa shape index (κ2) is 15.2. The number of hydrogen-bond acceptors (Lipinski definition) is 8. The highest BCUT2D eigenvalue weighted by Crippen LogP contribution is 2.55. The average Bonchev–Trinajstić information content (AvgIpc) is 2.98. The third-order valence-corrected chi connectivity index (χ3v) is 11.0. The summed E-state index contributed by atoms with van der Waals surface area (Å²) in [6.07, 6.45) is 5.15. The first-order valence-corrected chi connectivity index (χ1v) is 17.2. The van der Waals surface area contributed by atoms with Gasteiger partial charge in [0.1, 0.15) is 0 Å². The molecule has 4 saturated carbocycles. The maximum Gasteiger partial charge on any atom is 0.328 e. The monoisotopic (exact) mass is 690 g/mol. The number of aliphatic hydroxyl groups excluding tert-OH is 1. The number of halogens is 1. The van der Waals surface area contributed by atoms with E-state index in [2.05, 4.69) is 19.2 Å². The van der Waals surface area contributed by atoms with Crippen molar-refractivity contribution >= 4 is 41.0 Å². The van der Waals surface area contributed by atoms with Crippen molar-refractivity contribution in [1.29, 1.82) is 0 Å². The van der Waals surface area contributed by atoms with Gasteiger partial charge >= 0.3 is 11.9 Å². The summed E-state index contributed by atoms with van der Waals surface area (Å²) in [4.78, 5) is 49.5. The first kappa shape index (κ1) is 37.8. The number of para-hydroxylation sites is 1. The molecule has 1 heterocycles. The fourth-order valence-corrected chi connectivity index (χ4v) is 8.60. The summed E-state index contributed by atoms with van der Waals surface area (Å²) in [5, 5.41) is 41.6. The molecule has 266 valence electrons. The molecular weight excluding hydrogens is 640 g/mol. The van der Waals surface area contributed by atoms with Crippen LogP contribution in [0.1, 0.15) is 66.2 Å². The number of aliphatic hydroxyl groups is 2. The molecule has 1 aliphatic heterocycles. The molecule has 5 aliphatic rings. The number of amides is 2. The Bertz CT molecular complexity index is 1350. The van der Waals surface area contributed by atoms with Crippen LogP contribution in [0.5, 0.6) is 0 Å². The van der Waals surface area contributed by atoms with Crippen LogP contribution in [0.4, 0.5) is 5.69 Å². The van der Waals surface area contributed by atoms with E-state index >= 15 is 0 Å². The van der Waals surface area contributed by atoms with Gasteiger partial charge in [-0.3, -0.25) is 14.5 Å². The Balaban J connectivity index is 0.000000579. The molecular formula is C35H51ClN4O8. The van der Waals surface area contributed by atoms with E-state index < -0.39 is 29.7 Å². The number of anilines is 1. The molecule has 0 radical (unpaired) electrons. The van der Waals surface area contributed by atoms with Crippen molar-refractivity contribution in [3.63, 3.8) is 0 Å². The molecule has 5 atom stereocenters. The second-order valence-electron chi connectivity index (χ2n) is 15.2. The maximum absolute atomic E-state index is 13.6. The van der Waals surface area contributed by atoms with Crippen molar-refractivity contribution in [2.45, 2.75) is 95.5 Å². The molecule has 0 unspecified atom stereocenters. The number of carboxylic acids is 2. The lowest BCUT2D eigenvalue weighted by atomic mass is 9.52. The van der Waals surface area contributed by atoms with Crippen LogP contribution in [-0.4, -0.2) is 98.0 Å². The summed E-state index contributed by atoms with van der Waals surface area (Å²) in [5.41, 5.74) is 6.31. The number of nitrogens with two attached hydrogens (primary N) is 1. The van der Waals surface area contributed by atoms with Gasteiger partial charge in [-0.1, -0.05) is 37.6 Å². The first-order valence-electron chi connectivity index (χ1n) is 16.8. The second-order valence-corrected chi connectivity index (χ2v) is 15.6. The van der Waals surface area contributed by atoms with E-state index in [1.807, 2.05) is 36.9 Å². The zero-order valence-corrected chi connectivity index (χ0v) is 29.0. The van der Waals surface area contributed by atoms with Crippen molar-refractivity contribution in [3.8, 4) is 0 Å². The van der Waals surface area contributed by atoms with Gasteiger partial charge in [-0.2, -0.15) is 0 Å².